The van der Waals surface area contributed by atoms with Gasteiger partial charge in [0.15, 0.2) is 0 Å². The number of carbonyl (C=O) groups excluding carboxylic acids is 1. The third kappa shape index (κ3) is 3.71. The van der Waals surface area contributed by atoms with Crippen molar-refractivity contribution in [3.05, 3.63) is 18.3 Å². The van der Waals surface area contributed by atoms with Crippen molar-refractivity contribution in [1.82, 2.24) is 9.88 Å². The van der Waals surface area contributed by atoms with Crippen LogP contribution in [0.15, 0.2) is 18.3 Å². The molecule has 2 heterocycles. The Morgan fingerprint density at radius 2 is 1.86 bits per heavy atom. The minimum atomic E-state index is -0.509. The molecule has 1 aliphatic heterocycles. The molecular formula is C15H25N5O. The fourth-order valence-corrected chi connectivity index (χ4v) is 2.22. The summed E-state index contributed by atoms with van der Waals surface area (Å²) in [5, 5.41) is 1.18. The van der Waals surface area contributed by atoms with Gasteiger partial charge in [0.2, 0.25) is 5.91 Å². The minimum absolute atomic E-state index is 0.128. The Balaban J connectivity index is 2.07. The van der Waals surface area contributed by atoms with Gasteiger partial charge in [-0.1, -0.05) is 20.8 Å². The first-order valence-electron chi connectivity index (χ1n) is 7.28. The molecule has 1 aliphatic rings. The maximum Gasteiger partial charge on any atom is 0.246 e. The van der Waals surface area contributed by atoms with Gasteiger partial charge in [-0.25, -0.2) is 15.8 Å². The van der Waals surface area contributed by atoms with Gasteiger partial charge in [-0.15, -0.1) is 0 Å². The van der Waals surface area contributed by atoms with Gasteiger partial charge in [0, 0.05) is 31.6 Å². The average Bonchev–Trinajstić information content (AvgIpc) is 2.46. The zero-order valence-electron chi connectivity index (χ0n) is 13.3. The van der Waals surface area contributed by atoms with Gasteiger partial charge in [0.1, 0.15) is 5.82 Å². The number of piperazine rings is 1. The molecule has 0 aromatic carbocycles. The average molecular weight is 291 g/mol. The predicted molar refractivity (Wildman–Crippen MR) is 85.1 cm³/mol. The molecule has 0 bridgehead atoms. The number of aromatic nitrogens is 1. The number of hydrazine groups is 1. The SMILES string of the molecule is CN1CCN(c2ccc(N(N)C(=O)C(C)(C)C)cn2)CC1. The van der Waals surface area contributed by atoms with E-state index in [4.69, 9.17) is 5.84 Å². The number of likely N-dealkylation sites (N-methyl/N-ethyl adjacent to an activating group) is 1. The van der Waals surface area contributed by atoms with Crippen LogP contribution in [0.2, 0.25) is 0 Å². The van der Waals surface area contributed by atoms with Crippen LogP contribution in [0.25, 0.3) is 0 Å². The van der Waals surface area contributed by atoms with Crippen molar-refractivity contribution in [2.24, 2.45) is 11.3 Å². The van der Waals surface area contributed by atoms with Crippen LogP contribution in [0.1, 0.15) is 20.8 Å². The highest BCUT2D eigenvalue weighted by atomic mass is 16.2. The van der Waals surface area contributed by atoms with Crippen molar-refractivity contribution in [2.45, 2.75) is 20.8 Å². The van der Waals surface area contributed by atoms with Gasteiger partial charge in [-0.2, -0.15) is 0 Å². The highest BCUT2D eigenvalue weighted by Crippen LogP contribution is 2.22. The second-order valence-corrected chi connectivity index (χ2v) is 6.59. The Bertz CT molecular complexity index is 486. The van der Waals surface area contributed by atoms with Crippen LogP contribution in [-0.4, -0.2) is 49.0 Å². The van der Waals surface area contributed by atoms with Crippen molar-refractivity contribution in [3.63, 3.8) is 0 Å². The molecule has 1 amide bonds. The minimum Gasteiger partial charge on any atom is -0.354 e. The summed E-state index contributed by atoms with van der Waals surface area (Å²) < 4.78 is 0. The van der Waals surface area contributed by atoms with E-state index in [1.165, 1.54) is 5.01 Å². The molecule has 6 heteroatoms. The van der Waals surface area contributed by atoms with Crippen molar-refractivity contribution in [1.29, 1.82) is 0 Å². The summed E-state index contributed by atoms with van der Waals surface area (Å²) in [7, 11) is 2.12. The molecule has 1 fully saturated rings. The van der Waals surface area contributed by atoms with E-state index >= 15 is 0 Å². The van der Waals surface area contributed by atoms with Crippen LogP contribution in [0.4, 0.5) is 11.5 Å². The summed E-state index contributed by atoms with van der Waals surface area (Å²) in [6.45, 7) is 9.56. The van der Waals surface area contributed by atoms with Crippen molar-refractivity contribution in [3.8, 4) is 0 Å². The van der Waals surface area contributed by atoms with E-state index in [1.807, 2.05) is 32.9 Å². The molecule has 2 N–H and O–H groups in total. The van der Waals surface area contributed by atoms with Gasteiger partial charge in [-0.3, -0.25) is 4.79 Å². The quantitative estimate of drug-likeness (QED) is 0.502. The van der Waals surface area contributed by atoms with Crippen LogP contribution < -0.4 is 15.8 Å². The highest BCUT2D eigenvalue weighted by molar-refractivity contribution is 5.95. The van der Waals surface area contributed by atoms with Gasteiger partial charge >= 0.3 is 0 Å². The maximum atomic E-state index is 12.1. The van der Waals surface area contributed by atoms with Crippen LogP contribution in [0.5, 0.6) is 0 Å². The molecular weight excluding hydrogens is 266 g/mol. The first-order valence-corrected chi connectivity index (χ1v) is 7.28. The first kappa shape index (κ1) is 15.7. The zero-order valence-corrected chi connectivity index (χ0v) is 13.3. The Hall–Kier alpha value is -1.66. The standard InChI is InChI=1S/C15H25N5O/c1-15(2,3)14(21)20(16)12-5-6-13(17-11-12)19-9-7-18(4)8-10-19/h5-6,11H,7-10,16H2,1-4H3. The number of carbonyl (C=O) groups is 1. The molecule has 2 rings (SSSR count). The molecule has 0 saturated carbocycles. The van der Waals surface area contributed by atoms with Gasteiger partial charge in [-0.05, 0) is 19.2 Å². The maximum absolute atomic E-state index is 12.1. The summed E-state index contributed by atoms with van der Waals surface area (Å²) in [6.07, 6.45) is 1.66. The number of hydrogen-bond donors (Lipinski definition) is 1. The van der Waals surface area contributed by atoms with Crippen LogP contribution >= 0.6 is 0 Å². The van der Waals surface area contributed by atoms with E-state index in [2.05, 4.69) is 21.8 Å². The molecule has 1 saturated heterocycles. The van der Waals surface area contributed by atoms with E-state index in [-0.39, 0.29) is 5.91 Å². The lowest BCUT2D eigenvalue weighted by atomic mass is 9.95. The number of nitrogens with zero attached hydrogens (tertiary/aromatic N) is 4. The lowest BCUT2D eigenvalue weighted by Gasteiger charge is -2.33. The van der Waals surface area contributed by atoms with Crippen molar-refractivity contribution < 1.29 is 4.79 Å². The van der Waals surface area contributed by atoms with Crippen molar-refractivity contribution in [2.75, 3.05) is 43.1 Å². The van der Waals surface area contributed by atoms with Crippen LogP contribution in [-0.2, 0) is 4.79 Å². The molecule has 0 aliphatic carbocycles. The largest absolute Gasteiger partial charge is 0.354 e. The summed E-state index contributed by atoms with van der Waals surface area (Å²) in [5.41, 5.74) is 0.109. The lowest BCUT2D eigenvalue weighted by molar-refractivity contribution is -0.125. The Morgan fingerprint density at radius 1 is 1.24 bits per heavy atom. The van der Waals surface area contributed by atoms with Gasteiger partial charge in [0.05, 0.1) is 11.9 Å². The molecule has 1 aromatic heterocycles. The van der Waals surface area contributed by atoms with Gasteiger partial charge < -0.3 is 9.80 Å². The first-order chi connectivity index (χ1) is 9.79. The molecule has 0 spiro atoms. The predicted octanol–water partition coefficient (Wildman–Crippen LogP) is 1.09. The monoisotopic (exact) mass is 291 g/mol. The topological polar surface area (TPSA) is 65.7 Å². The fraction of sp³-hybridized carbons (Fsp3) is 0.600. The number of pyridine rings is 1. The van der Waals surface area contributed by atoms with Crippen LogP contribution in [0, 0.1) is 5.41 Å². The normalized spacial score (nSPS) is 16.9. The number of anilines is 2. The highest BCUT2D eigenvalue weighted by Gasteiger charge is 2.26. The van der Waals surface area contributed by atoms with E-state index in [0.29, 0.717) is 5.69 Å². The Kier molecular flexibility index (Phi) is 4.49. The van der Waals surface area contributed by atoms with E-state index in [9.17, 15) is 4.79 Å². The zero-order chi connectivity index (χ0) is 15.6. The molecule has 21 heavy (non-hydrogen) atoms. The van der Waals surface area contributed by atoms with E-state index in [1.54, 1.807) is 6.20 Å². The number of hydrogen-bond acceptors (Lipinski definition) is 5. The number of rotatable bonds is 2. The van der Waals surface area contributed by atoms with Crippen LogP contribution in [0.3, 0.4) is 0 Å². The van der Waals surface area contributed by atoms with E-state index < -0.39 is 5.41 Å². The smallest absolute Gasteiger partial charge is 0.246 e. The fourth-order valence-electron chi connectivity index (χ4n) is 2.22. The Morgan fingerprint density at radius 3 is 2.33 bits per heavy atom. The second kappa shape index (κ2) is 5.99. The molecule has 0 radical (unpaired) electrons. The molecule has 6 nitrogen and oxygen atoms in total. The summed E-state index contributed by atoms with van der Waals surface area (Å²) in [4.78, 5) is 21.1. The number of amides is 1. The lowest BCUT2D eigenvalue weighted by Crippen LogP contribution is -2.45. The molecule has 0 atom stereocenters. The summed E-state index contributed by atoms with van der Waals surface area (Å²) in [6, 6.07) is 3.78. The third-order valence-electron chi connectivity index (χ3n) is 3.70. The molecule has 0 unspecified atom stereocenters. The Labute approximate surface area is 126 Å². The molecule has 1 aromatic rings. The third-order valence-corrected chi connectivity index (χ3v) is 3.70. The second-order valence-electron chi connectivity index (χ2n) is 6.59. The number of nitrogens with two attached hydrogens (primary N) is 1. The van der Waals surface area contributed by atoms with Gasteiger partial charge in [0.25, 0.3) is 0 Å². The molecule has 116 valence electrons. The van der Waals surface area contributed by atoms with E-state index in [0.717, 1.165) is 32.0 Å². The van der Waals surface area contributed by atoms with Crippen molar-refractivity contribution >= 4 is 17.4 Å². The summed E-state index contributed by atoms with van der Waals surface area (Å²) in [5.74, 6) is 6.70. The summed E-state index contributed by atoms with van der Waals surface area (Å²) >= 11 is 0.